The van der Waals surface area contributed by atoms with Gasteiger partial charge < -0.3 is 15.0 Å². The normalized spacial score (nSPS) is 13.4. The van der Waals surface area contributed by atoms with Crippen LogP contribution < -0.4 is 10.6 Å². The van der Waals surface area contributed by atoms with Gasteiger partial charge in [0, 0.05) is 30.1 Å². The predicted octanol–water partition coefficient (Wildman–Crippen LogP) is 3.25. The summed E-state index contributed by atoms with van der Waals surface area (Å²) in [5.74, 6) is -1.33. The van der Waals surface area contributed by atoms with Crippen molar-refractivity contribution < 1.29 is 14.0 Å². The number of carbonyl (C=O) groups is 2. The molecule has 2 aromatic heterocycles. The van der Waals surface area contributed by atoms with Crippen LogP contribution in [0.4, 0.5) is 10.1 Å². The molecule has 4 rings (SSSR count). The highest BCUT2D eigenvalue weighted by atomic mass is 35.5. The average Bonchev–Trinajstić information content (AvgIpc) is 3.00. The van der Waals surface area contributed by atoms with Gasteiger partial charge in [-0.05, 0) is 24.6 Å². The molecule has 1 aliphatic heterocycles. The lowest BCUT2D eigenvalue weighted by Gasteiger charge is -2.18. The van der Waals surface area contributed by atoms with E-state index in [-0.39, 0.29) is 18.0 Å². The molecule has 0 aliphatic carbocycles. The number of anilines is 1. The second-order valence-electron chi connectivity index (χ2n) is 6.15. The molecule has 3 heterocycles. The van der Waals surface area contributed by atoms with E-state index in [0.717, 1.165) is 0 Å². The molecule has 0 spiro atoms. The number of nitrogens with one attached hydrogen (secondary N) is 2. The summed E-state index contributed by atoms with van der Waals surface area (Å²) in [6, 6.07) is 4.46. The Balaban J connectivity index is 1.55. The summed E-state index contributed by atoms with van der Waals surface area (Å²) in [5.41, 5.74) is 1.59. The topological polar surface area (TPSA) is 75.5 Å². The van der Waals surface area contributed by atoms with Gasteiger partial charge in [-0.3, -0.25) is 9.59 Å². The van der Waals surface area contributed by atoms with Crippen molar-refractivity contribution in [3.63, 3.8) is 0 Å². The van der Waals surface area contributed by atoms with Crippen molar-refractivity contribution in [1.82, 2.24) is 14.7 Å². The summed E-state index contributed by atoms with van der Waals surface area (Å²) in [6.45, 7) is 0.366. The molecule has 6 nitrogen and oxygen atoms in total. The highest BCUT2D eigenvalue weighted by Gasteiger charge is 2.22. The van der Waals surface area contributed by atoms with Crippen LogP contribution in [0.2, 0.25) is 10.0 Å². The minimum Gasteiger partial charge on any atom is -0.352 e. The number of amides is 2. The second kappa shape index (κ2) is 6.83. The first-order valence-corrected chi connectivity index (χ1v) is 8.90. The number of hydrogen-bond acceptors (Lipinski definition) is 3. The van der Waals surface area contributed by atoms with Crippen molar-refractivity contribution in [1.29, 1.82) is 0 Å². The Morgan fingerprint density at radius 1 is 1.33 bits per heavy atom. The quantitative estimate of drug-likeness (QED) is 0.700. The van der Waals surface area contributed by atoms with Gasteiger partial charge in [-0.2, -0.15) is 0 Å². The third-order valence-corrected chi connectivity index (χ3v) is 4.77. The van der Waals surface area contributed by atoms with E-state index < -0.39 is 11.7 Å². The average molecular weight is 407 g/mol. The van der Waals surface area contributed by atoms with Crippen molar-refractivity contribution in [2.75, 3.05) is 11.9 Å². The summed E-state index contributed by atoms with van der Waals surface area (Å²) in [4.78, 5) is 28.4. The molecule has 0 fully saturated rings. The van der Waals surface area contributed by atoms with Crippen LogP contribution in [-0.2, 0) is 17.6 Å². The number of halogens is 3. The number of imidazole rings is 1. The van der Waals surface area contributed by atoms with E-state index in [4.69, 9.17) is 23.2 Å². The Labute approximate surface area is 163 Å². The van der Waals surface area contributed by atoms with Gasteiger partial charge in [0.25, 0.3) is 5.91 Å². The molecule has 1 aliphatic rings. The minimum absolute atomic E-state index is 0.0401. The van der Waals surface area contributed by atoms with Gasteiger partial charge in [-0.15, -0.1) is 0 Å². The zero-order chi connectivity index (χ0) is 19.1. The van der Waals surface area contributed by atoms with Crippen LogP contribution in [-0.4, -0.2) is 27.7 Å². The predicted molar refractivity (Wildman–Crippen MR) is 100.0 cm³/mol. The standard InChI is InChI=1S/C18H13Cl2FN4O2/c19-9-5-13(20)17-23-10(8-25(17)7-9)6-15(26)24-14-2-1-12-11(16(14)21)3-4-22-18(12)27/h1-2,5,7-8H,3-4,6H2,(H,22,27)(H,24,26). The summed E-state index contributed by atoms with van der Waals surface area (Å²) in [5, 5.41) is 6.01. The maximum Gasteiger partial charge on any atom is 0.251 e. The van der Waals surface area contributed by atoms with E-state index in [0.29, 0.717) is 45.5 Å². The van der Waals surface area contributed by atoms with Crippen LogP contribution in [0.15, 0.2) is 30.6 Å². The minimum atomic E-state index is -0.583. The van der Waals surface area contributed by atoms with Crippen LogP contribution >= 0.6 is 23.2 Å². The summed E-state index contributed by atoms with van der Waals surface area (Å²) >= 11 is 12.0. The molecule has 0 bridgehead atoms. The molecule has 9 heteroatoms. The van der Waals surface area contributed by atoms with Crippen molar-refractivity contribution in [3.8, 4) is 0 Å². The number of nitrogens with zero attached hydrogens (tertiary/aromatic N) is 2. The monoisotopic (exact) mass is 406 g/mol. The highest BCUT2D eigenvalue weighted by Crippen LogP contribution is 2.25. The fourth-order valence-corrected chi connectivity index (χ4v) is 3.62. The molecule has 0 atom stereocenters. The Kier molecular flexibility index (Phi) is 4.49. The highest BCUT2D eigenvalue weighted by molar-refractivity contribution is 6.36. The van der Waals surface area contributed by atoms with E-state index in [2.05, 4.69) is 15.6 Å². The molecule has 2 N–H and O–H groups in total. The van der Waals surface area contributed by atoms with Crippen LogP contribution in [0.3, 0.4) is 0 Å². The molecule has 0 unspecified atom stereocenters. The first-order valence-electron chi connectivity index (χ1n) is 8.14. The second-order valence-corrected chi connectivity index (χ2v) is 7.00. The Morgan fingerprint density at radius 3 is 2.96 bits per heavy atom. The SMILES string of the molecule is O=C(Cc1cn2cc(Cl)cc(Cl)c2n1)Nc1ccc2c(c1F)CCNC2=O. The molecule has 2 amide bonds. The van der Waals surface area contributed by atoms with Gasteiger partial charge >= 0.3 is 0 Å². The molecule has 3 aromatic rings. The molecular formula is C18H13Cl2FN4O2. The summed E-state index contributed by atoms with van der Waals surface area (Å²) in [6.07, 6.45) is 3.58. The molecule has 0 saturated carbocycles. The Bertz CT molecular complexity index is 1100. The fourth-order valence-electron chi connectivity index (χ4n) is 3.09. The number of rotatable bonds is 3. The van der Waals surface area contributed by atoms with Crippen LogP contribution in [0, 0.1) is 5.82 Å². The maximum atomic E-state index is 14.6. The van der Waals surface area contributed by atoms with Crippen molar-refractivity contribution in [3.05, 3.63) is 63.3 Å². The van der Waals surface area contributed by atoms with E-state index in [1.54, 1.807) is 22.9 Å². The van der Waals surface area contributed by atoms with E-state index in [9.17, 15) is 14.0 Å². The molecule has 0 saturated heterocycles. The molecular weight excluding hydrogens is 394 g/mol. The fraction of sp³-hybridized carbons (Fsp3) is 0.167. The third kappa shape index (κ3) is 3.36. The number of fused-ring (bicyclic) bond motifs is 2. The zero-order valence-corrected chi connectivity index (χ0v) is 15.4. The first-order chi connectivity index (χ1) is 12.9. The van der Waals surface area contributed by atoms with E-state index in [1.807, 2.05) is 0 Å². The largest absolute Gasteiger partial charge is 0.352 e. The number of carbonyl (C=O) groups excluding carboxylic acids is 2. The molecule has 138 valence electrons. The van der Waals surface area contributed by atoms with Crippen molar-refractivity contribution >= 4 is 46.4 Å². The lowest BCUT2D eigenvalue weighted by molar-refractivity contribution is -0.115. The van der Waals surface area contributed by atoms with Crippen molar-refractivity contribution in [2.45, 2.75) is 12.8 Å². The van der Waals surface area contributed by atoms with Crippen LogP contribution in [0.25, 0.3) is 5.65 Å². The van der Waals surface area contributed by atoms with Gasteiger partial charge in [0.05, 0.1) is 27.8 Å². The summed E-state index contributed by atoms with van der Waals surface area (Å²) < 4.78 is 16.3. The zero-order valence-electron chi connectivity index (χ0n) is 13.9. The van der Waals surface area contributed by atoms with Gasteiger partial charge in [-0.25, -0.2) is 9.37 Å². The number of hydrogen-bond donors (Lipinski definition) is 2. The van der Waals surface area contributed by atoms with Gasteiger partial charge in [0.15, 0.2) is 11.5 Å². The van der Waals surface area contributed by atoms with Gasteiger partial charge in [0.1, 0.15) is 0 Å². The van der Waals surface area contributed by atoms with Crippen LogP contribution in [0.5, 0.6) is 0 Å². The lowest BCUT2D eigenvalue weighted by atomic mass is 9.99. The molecule has 0 radical (unpaired) electrons. The Morgan fingerprint density at radius 2 is 2.15 bits per heavy atom. The van der Waals surface area contributed by atoms with E-state index in [1.165, 1.54) is 12.1 Å². The van der Waals surface area contributed by atoms with Gasteiger partial charge in [0.2, 0.25) is 5.91 Å². The first kappa shape index (κ1) is 17.8. The number of pyridine rings is 1. The maximum absolute atomic E-state index is 14.6. The molecule has 1 aromatic carbocycles. The van der Waals surface area contributed by atoms with Crippen LogP contribution in [0.1, 0.15) is 21.6 Å². The van der Waals surface area contributed by atoms with E-state index >= 15 is 0 Å². The van der Waals surface area contributed by atoms with Gasteiger partial charge in [-0.1, -0.05) is 23.2 Å². The molecule has 27 heavy (non-hydrogen) atoms. The summed E-state index contributed by atoms with van der Waals surface area (Å²) in [7, 11) is 0. The lowest BCUT2D eigenvalue weighted by Crippen LogP contribution is -2.32. The van der Waals surface area contributed by atoms with Crippen molar-refractivity contribution in [2.24, 2.45) is 0 Å². The number of benzene rings is 1. The smallest absolute Gasteiger partial charge is 0.251 e. The third-order valence-electron chi connectivity index (χ3n) is 4.29. The number of aromatic nitrogens is 2. The Hall–Kier alpha value is -2.64.